The predicted octanol–water partition coefficient (Wildman–Crippen LogP) is 3.27. The summed E-state index contributed by atoms with van der Waals surface area (Å²) in [5.41, 5.74) is 5.67. The van der Waals surface area contributed by atoms with Gasteiger partial charge in [-0.25, -0.2) is 0 Å². The molecule has 4 nitrogen and oxygen atoms in total. The van der Waals surface area contributed by atoms with E-state index in [1.165, 1.54) is 11.3 Å². The van der Waals surface area contributed by atoms with Gasteiger partial charge in [-0.2, -0.15) is 0 Å². The summed E-state index contributed by atoms with van der Waals surface area (Å²) < 4.78 is 6.15. The zero-order chi connectivity index (χ0) is 13.5. The first-order chi connectivity index (χ1) is 9.24. The largest absolute Gasteiger partial charge is 0.486 e. The number of ether oxygens (including phenoxy) is 1. The molecule has 2 N–H and O–H groups in total. The molecule has 2 aromatic rings. The fourth-order valence-electron chi connectivity index (χ4n) is 1.31. The van der Waals surface area contributed by atoms with E-state index >= 15 is 0 Å². The Kier molecular flexibility index (Phi) is 5.06. The van der Waals surface area contributed by atoms with Gasteiger partial charge in [-0.05, 0) is 24.3 Å². The van der Waals surface area contributed by atoms with Crippen LogP contribution in [0.25, 0.3) is 0 Å². The molecule has 19 heavy (non-hydrogen) atoms. The smallest absolute Gasteiger partial charge is 0.177 e. The molecule has 1 aromatic heterocycles. The summed E-state index contributed by atoms with van der Waals surface area (Å²) in [6.45, 7) is 0.540. The van der Waals surface area contributed by atoms with Gasteiger partial charge in [0.2, 0.25) is 0 Å². The Morgan fingerprint density at radius 1 is 1.21 bits per heavy atom. The molecule has 0 aliphatic heterocycles. The predicted molar refractivity (Wildman–Crippen MR) is 77.7 cm³/mol. The van der Waals surface area contributed by atoms with Crippen molar-refractivity contribution in [2.75, 3.05) is 6.61 Å². The molecule has 0 amide bonds. The molecule has 0 radical (unpaired) electrons. The number of hydrogen-bond donors (Lipinski definition) is 1. The molecule has 0 saturated carbocycles. The Labute approximate surface area is 120 Å². The SMILES string of the molecule is N/C(COc1ccccc1)=N\OCc1ccc(Cl)s1. The fourth-order valence-corrected chi connectivity index (χ4v) is 2.30. The normalized spacial score (nSPS) is 11.3. The summed E-state index contributed by atoms with van der Waals surface area (Å²) in [6, 6.07) is 13.1. The number of oxime groups is 1. The van der Waals surface area contributed by atoms with E-state index in [1.807, 2.05) is 42.5 Å². The van der Waals surface area contributed by atoms with Crippen LogP contribution in [0.1, 0.15) is 4.88 Å². The lowest BCUT2D eigenvalue weighted by Crippen LogP contribution is -2.21. The van der Waals surface area contributed by atoms with Crippen molar-refractivity contribution in [1.82, 2.24) is 0 Å². The molecular weight excluding hydrogens is 284 g/mol. The average molecular weight is 297 g/mol. The highest BCUT2D eigenvalue weighted by atomic mass is 35.5. The monoisotopic (exact) mass is 296 g/mol. The summed E-state index contributed by atoms with van der Waals surface area (Å²) in [6.07, 6.45) is 0. The third-order valence-corrected chi connectivity index (χ3v) is 3.35. The van der Waals surface area contributed by atoms with E-state index in [1.54, 1.807) is 0 Å². The van der Waals surface area contributed by atoms with Crippen LogP contribution in [0.15, 0.2) is 47.6 Å². The quantitative estimate of drug-likeness (QED) is 0.506. The summed E-state index contributed by atoms with van der Waals surface area (Å²) >= 11 is 7.25. The highest BCUT2D eigenvalue weighted by Crippen LogP contribution is 2.21. The average Bonchev–Trinajstić information content (AvgIpc) is 2.83. The minimum atomic E-state index is 0.190. The van der Waals surface area contributed by atoms with E-state index in [-0.39, 0.29) is 12.4 Å². The molecule has 0 fully saturated rings. The van der Waals surface area contributed by atoms with Gasteiger partial charge in [0.1, 0.15) is 12.4 Å². The molecule has 0 atom stereocenters. The van der Waals surface area contributed by atoms with E-state index < -0.39 is 0 Å². The van der Waals surface area contributed by atoms with Gasteiger partial charge in [-0.1, -0.05) is 35.0 Å². The number of thiophene rings is 1. The maximum Gasteiger partial charge on any atom is 0.177 e. The summed E-state index contributed by atoms with van der Waals surface area (Å²) in [5, 5.41) is 3.78. The first-order valence-electron chi connectivity index (χ1n) is 5.60. The van der Waals surface area contributed by atoms with Crippen LogP contribution in [0.4, 0.5) is 0 Å². The van der Waals surface area contributed by atoms with E-state index in [4.69, 9.17) is 26.9 Å². The number of nitrogens with zero attached hydrogens (tertiary/aromatic N) is 1. The maximum atomic E-state index is 5.80. The molecule has 1 aromatic carbocycles. The molecule has 0 bridgehead atoms. The number of para-hydroxylation sites is 1. The first kappa shape index (κ1) is 13.7. The van der Waals surface area contributed by atoms with Gasteiger partial charge in [0, 0.05) is 4.88 Å². The molecule has 0 unspecified atom stereocenters. The minimum absolute atomic E-state index is 0.190. The second kappa shape index (κ2) is 7.01. The number of rotatable bonds is 6. The van der Waals surface area contributed by atoms with Gasteiger partial charge in [0.15, 0.2) is 12.4 Å². The van der Waals surface area contributed by atoms with Crippen LogP contribution in [0.2, 0.25) is 4.34 Å². The van der Waals surface area contributed by atoms with Gasteiger partial charge < -0.3 is 15.3 Å². The van der Waals surface area contributed by atoms with E-state index in [0.29, 0.717) is 6.61 Å². The van der Waals surface area contributed by atoms with Gasteiger partial charge in [-0.3, -0.25) is 0 Å². The number of halogens is 1. The topological polar surface area (TPSA) is 56.8 Å². The second-order valence-corrected chi connectivity index (χ2v) is 5.46. The lowest BCUT2D eigenvalue weighted by Gasteiger charge is -2.05. The van der Waals surface area contributed by atoms with Crippen LogP contribution in [0.3, 0.4) is 0 Å². The molecule has 6 heteroatoms. The maximum absolute atomic E-state index is 5.80. The Morgan fingerprint density at radius 3 is 2.68 bits per heavy atom. The van der Waals surface area contributed by atoms with E-state index in [9.17, 15) is 0 Å². The summed E-state index contributed by atoms with van der Waals surface area (Å²) in [7, 11) is 0. The van der Waals surface area contributed by atoms with Crippen molar-refractivity contribution in [2.24, 2.45) is 10.9 Å². The molecule has 2 rings (SSSR count). The van der Waals surface area contributed by atoms with Gasteiger partial charge in [0.25, 0.3) is 0 Å². The lowest BCUT2D eigenvalue weighted by atomic mass is 10.3. The van der Waals surface area contributed by atoms with Crippen molar-refractivity contribution in [1.29, 1.82) is 0 Å². The third kappa shape index (κ3) is 4.81. The van der Waals surface area contributed by atoms with Crippen LogP contribution in [0.5, 0.6) is 5.75 Å². The van der Waals surface area contributed by atoms with Crippen molar-refractivity contribution in [3.8, 4) is 5.75 Å². The molecule has 1 heterocycles. The van der Waals surface area contributed by atoms with Crippen molar-refractivity contribution in [2.45, 2.75) is 6.61 Å². The Hall–Kier alpha value is -1.72. The van der Waals surface area contributed by atoms with Crippen LogP contribution in [0, 0.1) is 0 Å². The van der Waals surface area contributed by atoms with Crippen molar-refractivity contribution < 1.29 is 9.57 Å². The molecule has 0 spiro atoms. The highest BCUT2D eigenvalue weighted by molar-refractivity contribution is 7.16. The molecule has 0 saturated heterocycles. The zero-order valence-corrected chi connectivity index (χ0v) is 11.7. The molecule has 0 aliphatic rings. The van der Waals surface area contributed by atoms with Gasteiger partial charge in [0.05, 0.1) is 4.34 Å². The Morgan fingerprint density at radius 2 is 2.00 bits per heavy atom. The molecule has 0 aliphatic carbocycles. The van der Waals surface area contributed by atoms with Crippen LogP contribution < -0.4 is 10.5 Å². The summed E-state index contributed by atoms with van der Waals surface area (Å²) in [4.78, 5) is 6.11. The van der Waals surface area contributed by atoms with Crippen molar-refractivity contribution in [3.05, 3.63) is 51.7 Å². The van der Waals surface area contributed by atoms with Crippen LogP contribution in [-0.4, -0.2) is 12.4 Å². The van der Waals surface area contributed by atoms with Crippen molar-refractivity contribution >= 4 is 28.8 Å². The summed E-state index contributed by atoms with van der Waals surface area (Å²) in [5.74, 6) is 1.03. The van der Waals surface area contributed by atoms with E-state index in [2.05, 4.69) is 5.16 Å². The minimum Gasteiger partial charge on any atom is -0.486 e. The number of amidine groups is 1. The van der Waals surface area contributed by atoms with Gasteiger partial charge >= 0.3 is 0 Å². The highest BCUT2D eigenvalue weighted by Gasteiger charge is 1.99. The van der Waals surface area contributed by atoms with Crippen LogP contribution in [-0.2, 0) is 11.4 Å². The molecule has 100 valence electrons. The number of hydrogen-bond acceptors (Lipinski definition) is 4. The Bertz CT molecular complexity index is 543. The van der Waals surface area contributed by atoms with Gasteiger partial charge in [-0.15, -0.1) is 11.3 Å². The first-order valence-corrected chi connectivity index (χ1v) is 6.80. The fraction of sp³-hybridized carbons (Fsp3) is 0.154. The second-order valence-electron chi connectivity index (χ2n) is 3.66. The number of nitrogens with two attached hydrogens (primary N) is 1. The Balaban J connectivity index is 1.73. The number of benzene rings is 1. The van der Waals surface area contributed by atoms with Crippen LogP contribution >= 0.6 is 22.9 Å². The lowest BCUT2D eigenvalue weighted by molar-refractivity contribution is 0.130. The standard InChI is InChI=1S/C13H13ClN2O2S/c14-12-7-6-11(19-12)8-18-16-13(15)9-17-10-4-2-1-3-5-10/h1-7H,8-9H2,(H2,15,16). The third-order valence-electron chi connectivity index (χ3n) is 2.15. The van der Waals surface area contributed by atoms with Crippen molar-refractivity contribution in [3.63, 3.8) is 0 Å². The molecular formula is C13H13ClN2O2S. The van der Waals surface area contributed by atoms with E-state index in [0.717, 1.165) is 15.0 Å². The zero-order valence-electron chi connectivity index (χ0n) is 10.1.